The van der Waals surface area contributed by atoms with Gasteiger partial charge in [0.2, 0.25) is 0 Å². The topological polar surface area (TPSA) is 50.7 Å². The molecule has 2 N–H and O–H groups in total. The van der Waals surface area contributed by atoms with Crippen LogP contribution in [-0.2, 0) is 9.47 Å². The Morgan fingerprint density at radius 3 is 2.29 bits per heavy atom. The summed E-state index contributed by atoms with van der Waals surface area (Å²) in [6.45, 7) is 12.3. The molecule has 2 atom stereocenters. The summed E-state index contributed by atoms with van der Waals surface area (Å²) < 4.78 is 10.4. The molecule has 4 heteroatoms. The zero-order valence-electron chi connectivity index (χ0n) is 11.7. The van der Waals surface area contributed by atoms with Gasteiger partial charge in [0.1, 0.15) is 0 Å². The third kappa shape index (κ3) is 10.7. The number of hydrogen-bond donors (Lipinski definition) is 2. The molecule has 0 aliphatic rings. The first kappa shape index (κ1) is 16.8. The lowest BCUT2D eigenvalue weighted by Crippen LogP contribution is -2.34. The Hall–Kier alpha value is -0.160. The Morgan fingerprint density at radius 1 is 1.06 bits per heavy atom. The van der Waals surface area contributed by atoms with Gasteiger partial charge >= 0.3 is 0 Å². The lowest BCUT2D eigenvalue weighted by atomic mass is 9.98. The molecular formula is C13H29NO3. The molecule has 17 heavy (non-hydrogen) atoms. The van der Waals surface area contributed by atoms with E-state index < -0.39 is 6.10 Å². The molecule has 0 radical (unpaired) electrons. The van der Waals surface area contributed by atoms with E-state index in [1.165, 1.54) is 0 Å². The van der Waals surface area contributed by atoms with Crippen LogP contribution in [0.15, 0.2) is 0 Å². The fourth-order valence-electron chi connectivity index (χ4n) is 1.25. The van der Waals surface area contributed by atoms with E-state index in [1.54, 1.807) is 0 Å². The average Bonchev–Trinajstić information content (AvgIpc) is 2.28. The molecule has 0 saturated heterocycles. The molecule has 0 spiro atoms. The van der Waals surface area contributed by atoms with Crippen molar-refractivity contribution in [1.82, 2.24) is 5.32 Å². The van der Waals surface area contributed by atoms with Crippen LogP contribution in [-0.4, -0.2) is 50.7 Å². The predicted octanol–water partition coefficient (Wildman–Crippen LogP) is 1.28. The maximum atomic E-state index is 9.63. The van der Waals surface area contributed by atoms with E-state index in [-0.39, 0.29) is 0 Å². The van der Waals surface area contributed by atoms with Crippen molar-refractivity contribution in [1.29, 1.82) is 0 Å². The highest BCUT2D eigenvalue weighted by molar-refractivity contribution is 4.63. The summed E-state index contributed by atoms with van der Waals surface area (Å²) in [6, 6.07) is 0. The second-order valence-electron chi connectivity index (χ2n) is 4.81. The largest absolute Gasteiger partial charge is 0.389 e. The molecule has 0 aliphatic carbocycles. The Bertz CT molecular complexity index is 165. The molecule has 104 valence electrons. The van der Waals surface area contributed by atoms with Gasteiger partial charge in [-0.25, -0.2) is 0 Å². The maximum Gasteiger partial charge on any atom is 0.0897 e. The van der Waals surface area contributed by atoms with Crippen LogP contribution in [0.2, 0.25) is 0 Å². The van der Waals surface area contributed by atoms with Crippen molar-refractivity contribution < 1.29 is 14.6 Å². The fourth-order valence-corrected chi connectivity index (χ4v) is 1.25. The van der Waals surface area contributed by atoms with E-state index in [2.05, 4.69) is 26.1 Å². The van der Waals surface area contributed by atoms with Crippen molar-refractivity contribution in [3.05, 3.63) is 0 Å². The smallest absolute Gasteiger partial charge is 0.0897 e. The lowest BCUT2D eigenvalue weighted by molar-refractivity contribution is 0.00624. The van der Waals surface area contributed by atoms with Crippen molar-refractivity contribution in [2.24, 2.45) is 11.8 Å². The monoisotopic (exact) mass is 247 g/mol. The van der Waals surface area contributed by atoms with E-state index in [1.807, 2.05) is 6.92 Å². The second-order valence-corrected chi connectivity index (χ2v) is 4.81. The van der Waals surface area contributed by atoms with Gasteiger partial charge in [-0.3, -0.25) is 0 Å². The van der Waals surface area contributed by atoms with Gasteiger partial charge in [-0.1, -0.05) is 20.8 Å². The van der Waals surface area contributed by atoms with Gasteiger partial charge in [0.25, 0.3) is 0 Å². The van der Waals surface area contributed by atoms with Crippen molar-refractivity contribution in [3.8, 4) is 0 Å². The average molecular weight is 247 g/mol. The normalized spacial score (nSPS) is 15.2. The summed E-state index contributed by atoms with van der Waals surface area (Å²) in [7, 11) is 0. The zero-order chi connectivity index (χ0) is 13.1. The molecule has 0 rings (SSSR count). The van der Waals surface area contributed by atoms with Crippen LogP contribution in [0.1, 0.15) is 27.7 Å². The first-order valence-corrected chi connectivity index (χ1v) is 6.62. The van der Waals surface area contributed by atoms with Crippen LogP contribution >= 0.6 is 0 Å². The van der Waals surface area contributed by atoms with Gasteiger partial charge in [0, 0.05) is 13.2 Å². The van der Waals surface area contributed by atoms with Crippen LogP contribution in [0.25, 0.3) is 0 Å². The Kier molecular flexibility index (Phi) is 10.9. The summed E-state index contributed by atoms with van der Waals surface area (Å²) in [5.74, 6) is 1.29. The predicted molar refractivity (Wildman–Crippen MR) is 70.2 cm³/mol. The van der Waals surface area contributed by atoms with Gasteiger partial charge in [-0.15, -0.1) is 0 Å². The van der Waals surface area contributed by atoms with Crippen molar-refractivity contribution in [2.75, 3.05) is 39.5 Å². The number of aliphatic hydroxyl groups excluding tert-OH is 1. The summed E-state index contributed by atoms with van der Waals surface area (Å²) in [4.78, 5) is 0. The molecule has 2 unspecified atom stereocenters. The highest BCUT2D eigenvalue weighted by atomic mass is 16.5. The molecule has 4 nitrogen and oxygen atoms in total. The van der Waals surface area contributed by atoms with Crippen LogP contribution in [0, 0.1) is 11.8 Å². The summed E-state index contributed by atoms with van der Waals surface area (Å²) in [5.41, 5.74) is 0. The molecular weight excluding hydrogens is 218 g/mol. The fraction of sp³-hybridized carbons (Fsp3) is 1.00. The van der Waals surface area contributed by atoms with Crippen LogP contribution in [0.5, 0.6) is 0 Å². The highest BCUT2D eigenvalue weighted by Gasteiger charge is 2.08. The molecule has 0 aromatic rings. The standard InChI is InChI=1S/C13H29NO3/c1-5-16-6-7-17-10-13(15)9-14-8-12(4)11(2)3/h11-15H,5-10H2,1-4H3. The van der Waals surface area contributed by atoms with E-state index in [9.17, 15) is 5.11 Å². The molecule has 0 aromatic heterocycles. The number of aliphatic hydroxyl groups is 1. The number of hydrogen-bond acceptors (Lipinski definition) is 4. The number of rotatable bonds is 11. The number of ether oxygens (including phenoxy) is 2. The third-order valence-electron chi connectivity index (χ3n) is 2.87. The van der Waals surface area contributed by atoms with Crippen LogP contribution in [0.4, 0.5) is 0 Å². The van der Waals surface area contributed by atoms with Crippen molar-refractivity contribution >= 4 is 0 Å². The maximum absolute atomic E-state index is 9.63. The number of nitrogens with one attached hydrogen (secondary N) is 1. The molecule has 0 aromatic carbocycles. The lowest BCUT2D eigenvalue weighted by Gasteiger charge is -2.18. The van der Waals surface area contributed by atoms with Gasteiger partial charge in [0.15, 0.2) is 0 Å². The summed E-state index contributed by atoms with van der Waals surface area (Å²) >= 11 is 0. The van der Waals surface area contributed by atoms with Crippen LogP contribution < -0.4 is 5.32 Å². The molecule has 0 amide bonds. The minimum absolute atomic E-state index is 0.371. The van der Waals surface area contributed by atoms with Gasteiger partial charge in [-0.05, 0) is 25.3 Å². The first-order chi connectivity index (χ1) is 8.07. The minimum atomic E-state index is -0.434. The van der Waals surface area contributed by atoms with Crippen LogP contribution in [0.3, 0.4) is 0 Å². The highest BCUT2D eigenvalue weighted by Crippen LogP contribution is 2.07. The van der Waals surface area contributed by atoms with E-state index in [0.717, 1.165) is 6.54 Å². The van der Waals surface area contributed by atoms with E-state index >= 15 is 0 Å². The third-order valence-corrected chi connectivity index (χ3v) is 2.87. The van der Waals surface area contributed by atoms with Crippen molar-refractivity contribution in [3.63, 3.8) is 0 Å². The first-order valence-electron chi connectivity index (χ1n) is 6.62. The molecule has 0 heterocycles. The van der Waals surface area contributed by atoms with Gasteiger partial charge < -0.3 is 19.9 Å². The van der Waals surface area contributed by atoms with Gasteiger partial charge in [-0.2, -0.15) is 0 Å². The van der Waals surface area contributed by atoms with Crippen molar-refractivity contribution in [2.45, 2.75) is 33.8 Å². The molecule has 0 fully saturated rings. The Morgan fingerprint density at radius 2 is 1.71 bits per heavy atom. The summed E-state index contributed by atoms with van der Waals surface area (Å²) in [6.07, 6.45) is -0.434. The van der Waals surface area contributed by atoms with E-state index in [0.29, 0.717) is 44.8 Å². The summed E-state index contributed by atoms with van der Waals surface area (Å²) in [5, 5.41) is 12.9. The minimum Gasteiger partial charge on any atom is -0.389 e. The van der Waals surface area contributed by atoms with E-state index in [4.69, 9.17) is 9.47 Å². The molecule has 0 saturated carbocycles. The zero-order valence-corrected chi connectivity index (χ0v) is 11.7. The molecule has 0 bridgehead atoms. The molecule has 0 aliphatic heterocycles. The van der Waals surface area contributed by atoms with Gasteiger partial charge in [0.05, 0.1) is 25.9 Å². The Labute approximate surface area is 106 Å². The second kappa shape index (κ2) is 11.0. The Balaban J connectivity index is 3.31. The quantitative estimate of drug-likeness (QED) is 0.540. The SMILES string of the molecule is CCOCCOCC(O)CNCC(C)C(C)C.